The number of likely N-dealkylation sites (tertiary alicyclic amines) is 1. The second-order valence-electron chi connectivity index (χ2n) is 4.85. The number of aromatic hydroxyl groups is 1. The van der Waals surface area contributed by atoms with Crippen molar-refractivity contribution in [1.29, 1.82) is 0 Å². The predicted octanol–water partition coefficient (Wildman–Crippen LogP) is 3.22. The molecule has 1 unspecified atom stereocenters. The number of hydrogen-bond donors (Lipinski definition) is 1. The lowest BCUT2D eigenvalue weighted by Gasteiger charge is -2.35. The van der Waals surface area contributed by atoms with Gasteiger partial charge in [0.05, 0.1) is 6.10 Å². The van der Waals surface area contributed by atoms with Crippen molar-refractivity contribution in [3.8, 4) is 5.75 Å². The molecule has 4 heteroatoms. The third-order valence-electron chi connectivity index (χ3n) is 3.80. The summed E-state index contributed by atoms with van der Waals surface area (Å²) in [5.74, 6) is 0.320. The van der Waals surface area contributed by atoms with Crippen LogP contribution in [0.3, 0.4) is 0 Å². The van der Waals surface area contributed by atoms with Crippen LogP contribution in [-0.2, 0) is 4.74 Å². The van der Waals surface area contributed by atoms with Crippen molar-refractivity contribution in [3.63, 3.8) is 0 Å². The summed E-state index contributed by atoms with van der Waals surface area (Å²) in [7, 11) is 1.77. The number of methoxy groups -OCH3 is 1. The average molecular weight is 270 g/mol. The van der Waals surface area contributed by atoms with E-state index in [0.717, 1.165) is 31.5 Å². The lowest BCUT2D eigenvalue weighted by Crippen LogP contribution is -2.38. The van der Waals surface area contributed by atoms with Gasteiger partial charge in [-0.2, -0.15) is 0 Å². The molecule has 1 saturated heterocycles. The number of hydrogen-bond acceptors (Lipinski definition) is 3. The summed E-state index contributed by atoms with van der Waals surface area (Å²) >= 11 is 6.00. The number of nitrogens with zero attached hydrogens (tertiary/aromatic N) is 1. The maximum atomic E-state index is 9.92. The van der Waals surface area contributed by atoms with Crippen molar-refractivity contribution in [1.82, 2.24) is 4.90 Å². The second-order valence-corrected chi connectivity index (χ2v) is 5.29. The van der Waals surface area contributed by atoms with E-state index in [2.05, 4.69) is 11.8 Å². The number of rotatable bonds is 3. The molecule has 2 rings (SSSR count). The fourth-order valence-corrected chi connectivity index (χ4v) is 2.74. The van der Waals surface area contributed by atoms with Crippen LogP contribution >= 0.6 is 11.6 Å². The second kappa shape index (κ2) is 5.91. The van der Waals surface area contributed by atoms with E-state index in [-0.39, 0.29) is 6.04 Å². The molecule has 100 valence electrons. The monoisotopic (exact) mass is 269 g/mol. The summed E-state index contributed by atoms with van der Waals surface area (Å²) in [5.41, 5.74) is 0.901. The van der Waals surface area contributed by atoms with Gasteiger partial charge in [0, 0.05) is 36.8 Å². The highest BCUT2D eigenvalue weighted by molar-refractivity contribution is 6.30. The van der Waals surface area contributed by atoms with Gasteiger partial charge in [0.25, 0.3) is 0 Å². The molecule has 0 spiro atoms. The highest BCUT2D eigenvalue weighted by Crippen LogP contribution is 2.32. The third-order valence-corrected chi connectivity index (χ3v) is 4.03. The Balaban J connectivity index is 2.07. The van der Waals surface area contributed by atoms with Gasteiger partial charge in [0.1, 0.15) is 5.75 Å². The molecule has 0 amide bonds. The first kappa shape index (κ1) is 13.7. The zero-order valence-corrected chi connectivity index (χ0v) is 11.7. The largest absolute Gasteiger partial charge is 0.508 e. The molecule has 1 aliphatic heterocycles. The van der Waals surface area contributed by atoms with Crippen molar-refractivity contribution >= 4 is 11.6 Å². The van der Waals surface area contributed by atoms with Crippen LogP contribution in [0.1, 0.15) is 31.4 Å². The third kappa shape index (κ3) is 2.97. The zero-order chi connectivity index (χ0) is 13.1. The van der Waals surface area contributed by atoms with Crippen LogP contribution < -0.4 is 0 Å². The summed E-state index contributed by atoms with van der Waals surface area (Å²) in [4.78, 5) is 2.36. The molecule has 0 aliphatic carbocycles. The van der Waals surface area contributed by atoms with Crippen molar-refractivity contribution < 1.29 is 9.84 Å². The number of piperidine rings is 1. The number of halogens is 1. The van der Waals surface area contributed by atoms with E-state index in [9.17, 15) is 5.11 Å². The maximum Gasteiger partial charge on any atom is 0.120 e. The van der Waals surface area contributed by atoms with E-state index in [1.807, 2.05) is 6.07 Å². The van der Waals surface area contributed by atoms with Crippen molar-refractivity contribution in [3.05, 3.63) is 28.8 Å². The van der Waals surface area contributed by atoms with Gasteiger partial charge in [0.2, 0.25) is 0 Å². The van der Waals surface area contributed by atoms with Crippen molar-refractivity contribution in [2.75, 3.05) is 20.2 Å². The van der Waals surface area contributed by atoms with Crippen molar-refractivity contribution in [2.45, 2.75) is 31.9 Å². The number of ether oxygens (including phenoxy) is 1. The molecule has 1 aromatic rings. The van der Waals surface area contributed by atoms with Crippen LogP contribution in [-0.4, -0.2) is 36.3 Å². The summed E-state index contributed by atoms with van der Waals surface area (Å²) in [5, 5.41) is 10.6. The molecular weight excluding hydrogens is 250 g/mol. The molecule has 1 aliphatic rings. The van der Waals surface area contributed by atoms with E-state index >= 15 is 0 Å². The molecule has 1 aromatic carbocycles. The van der Waals surface area contributed by atoms with Crippen LogP contribution in [0.4, 0.5) is 0 Å². The minimum Gasteiger partial charge on any atom is -0.508 e. The minimum atomic E-state index is 0.182. The molecule has 0 saturated carbocycles. The normalized spacial score (nSPS) is 19.9. The Morgan fingerprint density at radius 3 is 2.67 bits per heavy atom. The van der Waals surface area contributed by atoms with Gasteiger partial charge in [-0.25, -0.2) is 0 Å². The Hall–Kier alpha value is -0.770. The standard InChI is InChI=1S/C14H20ClNO2/c1-10(13-9-11(15)3-4-14(13)17)16-7-5-12(18-2)6-8-16/h3-4,9-10,12,17H,5-8H2,1-2H3. The van der Waals surface area contributed by atoms with E-state index in [1.54, 1.807) is 19.2 Å². The first-order valence-corrected chi connectivity index (χ1v) is 6.75. The molecule has 3 nitrogen and oxygen atoms in total. The van der Waals surface area contributed by atoms with E-state index in [0.29, 0.717) is 16.9 Å². The summed E-state index contributed by atoms with van der Waals surface area (Å²) in [6.45, 7) is 4.09. The highest BCUT2D eigenvalue weighted by Gasteiger charge is 2.24. The van der Waals surface area contributed by atoms with E-state index < -0.39 is 0 Å². The predicted molar refractivity (Wildman–Crippen MR) is 73.1 cm³/mol. The lowest BCUT2D eigenvalue weighted by atomic mass is 10.0. The number of benzene rings is 1. The average Bonchev–Trinajstić information content (AvgIpc) is 2.41. The first-order valence-electron chi connectivity index (χ1n) is 6.37. The molecule has 0 bridgehead atoms. The summed E-state index contributed by atoms with van der Waals surface area (Å²) in [6.07, 6.45) is 2.46. The Labute approximate surface area is 113 Å². The number of phenolic OH excluding ortho intramolecular Hbond substituents is 1. The topological polar surface area (TPSA) is 32.7 Å². The molecule has 0 aromatic heterocycles. The first-order chi connectivity index (χ1) is 8.61. The molecule has 0 radical (unpaired) electrons. The molecule has 1 N–H and O–H groups in total. The smallest absolute Gasteiger partial charge is 0.120 e. The fourth-order valence-electron chi connectivity index (χ4n) is 2.56. The van der Waals surface area contributed by atoms with Gasteiger partial charge < -0.3 is 9.84 Å². The van der Waals surface area contributed by atoms with Gasteiger partial charge in [-0.3, -0.25) is 4.90 Å². The Bertz CT molecular complexity index is 403. The Kier molecular flexibility index (Phi) is 4.49. The van der Waals surface area contributed by atoms with Crippen molar-refractivity contribution in [2.24, 2.45) is 0 Å². The SMILES string of the molecule is COC1CCN(C(C)c2cc(Cl)ccc2O)CC1. The zero-order valence-electron chi connectivity index (χ0n) is 10.9. The summed E-state index contributed by atoms with van der Waals surface area (Å²) < 4.78 is 5.37. The minimum absolute atomic E-state index is 0.182. The van der Waals surface area contributed by atoms with Crippen LogP contribution in [0.15, 0.2) is 18.2 Å². The van der Waals surface area contributed by atoms with Crippen LogP contribution in [0.2, 0.25) is 5.02 Å². The molecular formula is C14H20ClNO2. The Morgan fingerprint density at radius 1 is 1.39 bits per heavy atom. The molecule has 1 heterocycles. The van der Waals surface area contributed by atoms with Gasteiger partial charge in [0.15, 0.2) is 0 Å². The molecule has 1 fully saturated rings. The van der Waals surface area contributed by atoms with Crippen LogP contribution in [0, 0.1) is 0 Å². The van der Waals surface area contributed by atoms with Crippen LogP contribution in [0.25, 0.3) is 0 Å². The van der Waals surface area contributed by atoms with Gasteiger partial charge >= 0.3 is 0 Å². The van der Waals surface area contributed by atoms with Gasteiger partial charge in [-0.05, 0) is 38.0 Å². The maximum absolute atomic E-state index is 9.92. The van der Waals surface area contributed by atoms with Gasteiger partial charge in [-0.1, -0.05) is 11.6 Å². The Morgan fingerprint density at radius 2 is 2.06 bits per heavy atom. The lowest BCUT2D eigenvalue weighted by molar-refractivity contribution is 0.0292. The van der Waals surface area contributed by atoms with E-state index in [4.69, 9.17) is 16.3 Å². The van der Waals surface area contributed by atoms with Crippen LogP contribution in [0.5, 0.6) is 5.75 Å². The quantitative estimate of drug-likeness (QED) is 0.915. The number of phenols is 1. The summed E-state index contributed by atoms with van der Waals surface area (Å²) in [6, 6.07) is 5.41. The van der Waals surface area contributed by atoms with E-state index in [1.165, 1.54) is 0 Å². The molecule has 18 heavy (non-hydrogen) atoms. The molecule has 1 atom stereocenters. The fraction of sp³-hybridized carbons (Fsp3) is 0.571. The van der Waals surface area contributed by atoms with Gasteiger partial charge in [-0.15, -0.1) is 0 Å². The highest BCUT2D eigenvalue weighted by atomic mass is 35.5.